The number of anilines is 1. The minimum atomic E-state index is -0.960. The highest BCUT2D eigenvalue weighted by molar-refractivity contribution is 6.30. The molecule has 30 heavy (non-hydrogen) atoms. The summed E-state index contributed by atoms with van der Waals surface area (Å²) in [6, 6.07) is 0.170. The van der Waals surface area contributed by atoms with E-state index in [0.717, 1.165) is 19.4 Å². The fourth-order valence-electron chi connectivity index (χ4n) is 4.09. The first kappa shape index (κ1) is 20.8. The van der Waals surface area contributed by atoms with Crippen molar-refractivity contribution in [2.75, 3.05) is 44.7 Å². The van der Waals surface area contributed by atoms with Gasteiger partial charge in [0, 0.05) is 37.9 Å². The Balaban J connectivity index is 1.68. The van der Waals surface area contributed by atoms with E-state index < -0.39 is 11.9 Å². The van der Waals surface area contributed by atoms with E-state index in [0.29, 0.717) is 37.4 Å². The first-order chi connectivity index (χ1) is 14.3. The third kappa shape index (κ3) is 3.93. The smallest absolute Gasteiger partial charge is 0.407 e. The van der Waals surface area contributed by atoms with Crippen LogP contribution in [0.1, 0.15) is 19.8 Å². The molecule has 0 saturated carbocycles. The van der Waals surface area contributed by atoms with Gasteiger partial charge >= 0.3 is 12.1 Å². The van der Waals surface area contributed by atoms with Gasteiger partial charge in [0.1, 0.15) is 17.9 Å². The Morgan fingerprint density at radius 2 is 2.17 bits per heavy atom. The first-order valence-electron chi connectivity index (χ1n) is 9.94. The molecule has 9 nitrogen and oxygen atoms in total. The molecule has 4 heterocycles. The quantitative estimate of drug-likeness (QED) is 0.727. The van der Waals surface area contributed by atoms with Gasteiger partial charge < -0.3 is 24.5 Å². The second-order valence-electron chi connectivity index (χ2n) is 7.81. The van der Waals surface area contributed by atoms with Crippen LogP contribution in [-0.2, 0) is 0 Å². The number of likely N-dealkylation sites (N-methyl/N-ethyl adjacent to an activating group) is 1. The molecule has 2 aliphatic heterocycles. The van der Waals surface area contributed by atoms with Crippen molar-refractivity contribution in [1.82, 2.24) is 24.8 Å². The summed E-state index contributed by atoms with van der Waals surface area (Å²) in [6.45, 7) is 4.36. The Morgan fingerprint density at radius 3 is 2.83 bits per heavy atom. The SMILES string of the molecule is C[C@H]1CN(C(=O)O)CCN1c1nc(OC[C@@H]2CCCN2C)nc2c(F)c(Cl)ncc12. The summed E-state index contributed by atoms with van der Waals surface area (Å²) in [5, 5.41) is 9.42. The zero-order valence-electron chi connectivity index (χ0n) is 16.9. The lowest BCUT2D eigenvalue weighted by Crippen LogP contribution is -2.53. The van der Waals surface area contributed by atoms with Gasteiger partial charge in [-0.05, 0) is 33.4 Å². The number of aromatic nitrogens is 3. The van der Waals surface area contributed by atoms with E-state index in [1.165, 1.54) is 11.1 Å². The fraction of sp³-hybridized carbons (Fsp3) is 0.579. The zero-order valence-corrected chi connectivity index (χ0v) is 17.6. The third-order valence-electron chi connectivity index (χ3n) is 5.85. The molecule has 0 aliphatic carbocycles. The molecule has 2 aromatic heterocycles. The molecule has 0 aromatic carbocycles. The summed E-state index contributed by atoms with van der Waals surface area (Å²) in [4.78, 5) is 29.6. The van der Waals surface area contributed by atoms with Crippen LogP contribution in [0.5, 0.6) is 6.01 Å². The van der Waals surface area contributed by atoms with Gasteiger partial charge in [0.2, 0.25) is 0 Å². The lowest BCUT2D eigenvalue weighted by atomic mass is 10.1. The van der Waals surface area contributed by atoms with Crippen LogP contribution in [0.3, 0.4) is 0 Å². The highest BCUT2D eigenvalue weighted by Gasteiger charge is 2.30. The third-order valence-corrected chi connectivity index (χ3v) is 6.11. The molecule has 2 fully saturated rings. The molecule has 2 atom stereocenters. The second-order valence-corrected chi connectivity index (χ2v) is 8.17. The van der Waals surface area contributed by atoms with Crippen LogP contribution in [0, 0.1) is 5.82 Å². The Kier molecular flexibility index (Phi) is 5.79. The summed E-state index contributed by atoms with van der Waals surface area (Å²) in [5.74, 6) is -0.257. The lowest BCUT2D eigenvalue weighted by molar-refractivity contribution is 0.136. The number of rotatable bonds is 4. The summed E-state index contributed by atoms with van der Waals surface area (Å²) in [7, 11) is 2.04. The van der Waals surface area contributed by atoms with Gasteiger partial charge in [0.15, 0.2) is 11.0 Å². The maximum absolute atomic E-state index is 14.7. The second kappa shape index (κ2) is 8.35. The maximum Gasteiger partial charge on any atom is 0.407 e. The van der Waals surface area contributed by atoms with E-state index in [-0.39, 0.29) is 28.8 Å². The summed E-state index contributed by atoms with van der Waals surface area (Å²) in [6.07, 6.45) is 2.62. The molecule has 1 N–H and O–H groups in total. The van der Waals surface area contributed by atoms with E-state index in [4.69, 9.17) is 16.3 Å². The van der Waals surface area contributed by atoms with Crippen molar-refractivity contribution in [2.24, 2.45) is 0 Å². The minimum absolute atomic E-state index is 0.0441. The Morgan fingerprint density at radius 1 is 1.37 bits per heavy atom. The van der Waals surface area contributed by atoms with Crippen LogP contribution >= 0.6 is 11.6 Å². The average molecular weight is 439 g/mol. The predicted molar refractivity (Wildman–Crippen MR) is 110 cm³/mol. The number of hydrogen-bond donors (Lipinski definition) is 1. The highest BCUT2D eigenvalue weighted by atomic mass is 35.5. The number of carbonyl (C=O) groups is 1. The molecule has 2 aliphatic rings. The molecule has 11 heteroatoms. The molecule has 2 aromatic rings. The number of hydrogen-bond acceptors (Lipinski definition) is 7. The van der Waals surface area contributed by atoms with E-state index >= 15 is 0 Å². The molecule has 162 valence electrons. The minimum Gasteiger partial charge on any atom is -0.465 e. The number of piperazine rings is 1. The molecule has 0 bridgehead atoms. The highest BCUT2D eigenvalue weighted by Crippen LogP contribution is 2.32. The van der Waals surface area contributed by atoms with E-state index in [1.54, 1.807) is 0 Å². The average Bonchev–Trinajstić information content (AvgIpc) is 3.13. The number of ether oxygens (including phenoxy) is 1. The molecular weight excluding hydrogens is 415 g/mol. The first-order valence-corrected chi connectivity index (χ1v) is 10.3. The van der Waals surface area contributed by atoms with Gasteiger partial charge in [-0.2, -0.15) is 9.97 Å². The molecule has 1 amide bonds. The molecule has 0 unspecified atom stereocenters. The van der Waals surface area contributed by atoms with Gasteiger partial charge in [-0.3, -0.25) is 0 Å². The number of likely N-dealkylation sites (tertiary alicyclic amines) is 1. The number of pyridine rings is 1. The Bertz CT molecular complexity index is 964. The van der Waals surface area contributed by atoms with Crippen molar-refractivity contribution in [1.29, 1.82) is 0 Å². The van der Waals surface area contributed by atoms with Crippen LogP contribution in [0.2, 0.25) is 5.15 Å². The van der Waals surface area contributed by atoms with Crippen molar-refractivity contribution >= 4 is 34.4 Å². The molecule has 4 rings (SSSR count). The van der Waals surface area contributed by atoms with Crippen LogP contribution in [0.4, 0.5) is 15.0 Å². The van der Waals surface area contributed by atoms with Crippen molar-refractivity contribution in [3.8, 4) is 6.01 Å². The molecule has 0 spiro atoms. The van der Waals surface area contributed by atoms with E-state index in [9.17, 15) is 14.3 Å². The largest absolute Gasteiger partial charge is 0.465 e. The van der Waals surface area contributed by atoms with Crippen LogP contribution in [0.15, 0.2) is 6.20 Å². The summed E-state index contributed by atoms with van der Waals surface area (Å²) < 4.78 is 20.6. The van der Waals surface area contributed by atoms with Crippen LogP contribution in [0.25, 0.3) is 10.9 Å². The van der Waals surface area contributed by atoms with Gasteiger partial charge in [-0.15, -0.1) is 0 Å². The molecule has 0 radical (unpaired) electrons. The normalized spacial score (nSPS) is 22.7. The molecular formula is C19H24ClFN6O3. The summed E-state index contributed by atoms with van der Waals surface area (Å²) >= 11 is 5.88. The number of carboxylic acid groups (broad SMARTS) is 1. The molecule has 2 saturated heterocycles. The topological polar surface area (TPSA) is 94.9 Å². The monoisotopic (exact) mass is 438 g/mol. The number of nitrogens with zero attached hydrogens (tertiary/aromatic N) is 6. The van der Waals surface area contributed by atoms with Crippen molar-refractivity contribution in [3.05, 3.63) is 17.2 Å². The van der Waals surface area contributed by atoms with E-state index in [2.05, 4.69) is 19.9 Å². The van der Waals surface area contributed by atoms with Crippen molar-refractivity contribution in [3.63, 3.8) is 0 Å². The van der Waals surface area contributed by atoms with Gasteiger partial charge in [-0.1, -0.05) is 11.6 Å². The number of fused-ring (bicyclic) bond motifs is 1. The van der Waals surface area contributed by atoms with E-state index in [1.807, 2.05) is 18.9 Å². The number of halogens is 2. The Hall–Kier alpha value is -2.46. The predicted octanol–water partition coefficient (Wildman–Crippen LogP) is 2.48. The van der Waals surface area contributed by atoms with Gasteiger partial charge in [0.25, 0.3) is 0 Å². The van der Waals surface area contributed by atoms with Gasteiger partial charge in [0.05, 0.1) is 5.39 Å². The van der Waals surface area contributed by atoms with Crippen molar-refractivity contribution in [2.45, 2.75) is 31.8 Å². The summed E-state index contributed by atoms with van der Waals surface area (Å²) in [5.41, 5.74) is 0.0441. The zero-order chi connectivity index (χ0) is 21.4. The van der Waals surface area contributed by atoms with Crippen LogP contribution < -0.4 is 9.64 Å². The van der Waals surface area contributed by atoms with Crippen molar-refractivity contribution < 1.29 is 19.0 Å². The standard InChI is InChI=1S/C19H24ClFN6O3/c1-11-9-26(19(28)29)6-7-27(11)17-13-8-22-16(20)14(21)15(13)23-18(24-17)30-10-12-4-3-5-25(12)2/h8,11-12H,3-7,9-10H2,1-2H3,(H,28,29)/t11-,12-/m0/s1. The van der Waals surface area contributed by atoms with Gasteiger partial charge in [-0.25, -0.2) is 14.2 Å². The Labute approximate surface area is 178 Å². The fourth-order valence-corrected chi connectivity index (χ4v) is 4.23. The number of amides is 1. The lowest BCUT2D eigenvalue weighted by Gasteiger charge is -2.39. The maximum atomic E-state index is 14.7. The van der Waals surface area contributed by atoms with Crippen LogP contribution in [-0.4, -0.2) is 87.9 Å².